The van der Waals surface area contributed by atoms with Crippen molar-refractivity contribution in [2.24, 2.45) is 0 Å². The standard InChI is InChI=1S/C24H23N5O3/c1-14-16(3)32-24(27-14)18-5-4-6-19(13-18)28-21(30)8-7-20-15(2)26-22(29-23(20)31)17-9-11-25-12-10-17/h4-6,9-13H,7-8H2,1-3H3,(H,28,30)(H,26,29,31). The predicted octanol–water partition coefficient (Wildman–Crippen LogP) is 3.98. The Labute approximate surface area is 184 Å². The minimum atomic E-state index is -0.242. The molecule has 0 saturated carbocycles. The molecule has 4 rings (SSSR count). The Morgan fingerprint density at radius 2 is 1.81 bits per heavy atom. The van der Waals surface area contributed by atoms with Gasteiger partial charge >= 0.3 is 0 Å². The average Bonchev–Trinajstić information content (AvgIpc) is 3.12. The largest absolute Gasteiger partial charge is 0.441 e. The van der Waals surface area contributed by atoms with Crippen LogP contribution in [-0.2, 0) is 11.2 Å². The quantitative estimate of drug-likeness (QED) is 0.479. The van der Waals surface area contributed by atoms with Crippen molar-refractivity contribution in [2.45, 2.75) is 33.6 Å². The molecule has 0 aliphatic carbocycles. The van der Waals surface area contributed by atoms with Gasteiger partial charge in [0.2, 0.25) is 11.8 Å². The highest BCUT2D eigenvalue weighted by Crippen LogP contribution is 2.24. The van der Waals surface area contributed by atoms with Crippen LogP contribution in [-0.4, -0.2) is 25.8 Å². The predicted molar refractivity (Wildman–Crippen MR) is 121 cm³/mol. The first-order valence-corrected chi connectivity index (χ1v) is 10.2. The Morgan fingerprint density at radius 3 is 2.50 bits per heavy atom. The molecule has 0 radical (unpaired) electrons. The van der Waals surface area contributed by atoms with Crippen LogP contribution in [0.1, 0.15) is 29.1 Å². The lowest BCUT2D eigenvalue weighted by atomic mass is 10.1. The topological polar surface area (TPSA) is 114 Å². The van der Waals surface area contributed by atoms with Gasteiger partial charge in [0.15, 0.2) is 0 Å². The molecule has 0 atom stereocenters. The first-order valence-electron chi connectivity index (χ1n) is 10.2. The van der Waals surface area contributed by atoms with Crippen LogP contribution in [0.15, 0.2) is 58.0 Å². The van der Waals surface area contributed by atoms with Gasteiger partial charge in [0.1, 0.15) is 11.6 Å². The minimum absolute atomic E-state index is 0.154. The fourth-order valence-electron chi connectivity index (χ4n) is 3.34. The molecule has 0 spiro atoms. The van der Waals surface area contributed by atoms with Crippen LogP contribution in [0.3, 0.4) is 0 Å². The number of oxazole rings is 1. The monoisotopic (exact) mass is 429 g/mol. The highest BCUT2D eigenvalue weighted by molar-refractivity contribution is 5.91. The van der Waals surface area contributed by atoms with Crippen LogP contribution >= 0.6 is 0 Å². The first kappa shape index (κ1) is 21.2. The Bertz CT molecular complexity index is 1310. The highest BCUT2D eigenvalue weighted by Gasteiger charge is 2.13. The van der Waals surface area contributed by atoms with E-state index >= 15 is 0 Å². The third-order valence-corrected chi connectivity index (χ3v) is 5.20. The molecule has 0 aliphatic rings. The molecule has 2 N–H and O–H groups in total. The maximum Gasteiger partial charge on any atom is 0.254 e. The summed E-state index contributed by atoms with van der Waals surface area (Å²) < 4.78 is 5.66. The molecule has 1 amide bonds. The van der Waals surface area contributed by atoms with Gasteiger partial charge < -0.3 is 14.7 Å². The summed E-state index contributed by atoms with van der Waals surface area (Å²) in [6.07, 6.45) is 3.72. The number of benzene rings is 1. The van der Waals surface area contributed by atoms with E-state index in [0.717, 1.165) is 22.6 Å². The van der Waals surface area contributed by atoms with Crippen molar-refractivity contribution in [1.82, 2.24) is 19.9 Å². The van der Waals surface area contributed by atoms with Crippen molar-refractivity contribution < 1.29 is 9.21 Å². The van der Waals surface area contributed by atoms with Crippen molar-refractivity contribution in [1.29, 1.82) is 0 Å². The third-order valence-electron chi connectivity index (χ3n) is 5.20. The molecular formula is C24H23N5O3. The maximum atomic E-state index is 12.6. The molecule has 3 aromatic heterocycles. The summed E-state index contributed by atoms with van der Waals surface area (Å²) in [6.45, 7) is 5.52. The number of aryl methyl sites for hydroxylation is 3. The molecule has 0 aliphatic heterocycles. The zero-order chi connectivity index (χ0) is 22.7. The number of anilines is 1. The second-order valence-electron chi connectivity index (χ2n) is 7.50. The van der Waals surface area contributed by atoms with Gasteiger partial charge in [-0.1, -0.05) is 6.07 Å². The van der Waals surface area contributed by atoms with E-state index in [2.05, 4.69) is 25.3 Å². The summed E-state index contributed by atoms with van der Waals surface area (Å²) in [5, 5.41) is 2.87. The van der Waals surface area contributed by atoms with Crippen LogP contribution in [0.4, 0.5) is 5.69 Å². The third kappa shape index (κ3) is 4.64. The van der Waals surface area contributed by atoms with Gasteiger partial charge in [-0.15, -0.1) is 0 Å². The fourth-order valence-corrected chi connectivity index (χ4v) is 3.34. The number of pyridine rings is 1. The van der Waals surface area contributed by atoms with E-state index in [1.807, 2.05) is 32.0 Å². The number of carbonyl (C=O) groups excluding carboxylic acids is 1. The van der Waals surface area contributed by atoms with Crippen LogP contribution in [0.5, 0.6) is 0 Å². The van der Waals surface area contributed by atoms with E-state index in [4.69, 9.17) is 4.42 Å². The van der Waals surface area contributed by atoms with E-state index in [9.17, 15) is 9.59 Å². The lowest BCUT2D eigenvalue weighted by Crippen LogP contribution is -2.20. The van der Waals surface area contributed by atoms with Crippen molar-refractivity contribution in [3.05, 3.63) is 81.9 Å². The highest BCUT2D eigenvalue weighted by atomic mass is 16.4. The fraction of sp³-hybridized carbons (Fsp3) is 0.208. The lowest BCUT2D eigenvalue weighted by molar-refractivity contribution is -0.116. The smallest absolute Gasteiger partial charge is 0.254 e. The van der Waals surface area contributed by atoms with Gasteiger partial charge in [-0.05, 0) is 57.5 Å². The second-order valence-corrected chi connectivity index (χ2v) is 7.50. The number of rotatable bonds is 6. The number of hydrogen-bond donors (Lipinski definition) is 2. The molecule has 8 nitrogen and oxygen atoms in total. The molecule has 8 heteroatoms. The second kappa shape index (κ2) is 8.97. The summed E-state index contributed by atoms with van der Waals surface area (Å²) in [4.78, 5) is 40.7. The number of aromatic nitrogens is 4. The van der Waals surface area contributed by atoms with Gasteiger partial charge in [-0.25, -0.2) is 9.97 Å². The summed E-state index contributed by atoms with van der Waals surface area (Å²) in [5.74, 6) is 1.56. The van der Waals surface area contributed by atoms with Crippen molar-refractivity contribution in [3.8, 4) is 22.8 Å². The van der Waals surface area contributed by atoms with Crippen LogP contribution in [0, 0.1) is 20.8 Å². The van der Waals surface area contributed by atoms with E-state index in [-0.39, 0.29) is 24.3 Å². The van der Waals surface area contributed by atoms with E-state index in [1.165, 1.54) is 0 Å². The van der Waals surface area contributed by atoms with E-state index in [1.54, 1.807) is 37.5 Å². The zero-order valence-electron chi connectivity index (χ0n) is 18.1. The van der Waals surface area contributed by atoms with Gasteiger partial charge in [-0.2, -0.15) is 0 Å². The molecule has 0 saturated heterocycles. The van der Waals surface area contributed by atoms with Crippen LogP contribution in [0.25, 0.3) is 22.8 Å². The van der Waals surface area contributed by atoms with Gasteiger partial charge in [0.05, 0.1) is 5.69 Å². The first-order chi connectivity index (χ1) is 15.4. The lowest BCUT2D eigenvalue weighted by Gasteiger charge is -2.09. The zero-order valence-corrected chi connectivity index (χ0v) is 18.1. The molecule has 0 unspecified atom stereocenters. The molecule has 3 heterocycles. The summed E-state index contributed by atoms with van der Waals surface area (Å²) in [7, 11) is 0. The average molecular weight is 429 g/mol. The number of amides is 1. The molecule has 32 heavy (non-hydrogen) atoms. The molecular weight excluding hydrogens is 406 g/mol. The molecule has 0 bridgehead atoms. The van der Waals surface area contributed by atoms with Gasteiger partial charge in [0.25, 0.3) is 5.56 Å². The molecule has 1 aromatic carbocycles. The summed E-state index contributed by atoms with van der Waals surface area (Å²) in [6, 6.07) is 10.9. The number of H-pyrrole nitrogens is 1. The number of aromatic amines is 1. The molecule has 4 aromatic rings. The number of nitrogens with one attached hydrogen (secondary N) is 2. The van der Waals surface area contributed by atoms with Crippen molar-refractivity contribution >= 4 is 11.6 Å². The number of hydrogen-bond acceptors (Lipinski definition) is 6. The van der Waals surface area contributed by atoms with Gasteiger partial charge in [0, 0.05) is 46.9 Å². The van der Waals surface area contributed by atoms with Crippen LogP contribution < -0.4 is 10.9 Å². The SMILES string of the molecule is Cc1nc(-c2cccc(NC(=O)CCc3c(C)nc(-c4ccncc4)[nH]c3=O)c2)oc1C. The van der Waals surface area contributed by atoms with E-state index < -0.39 is 0 Å². The summed E-state index contributed by atoms with van der Waals surface area (Å²) in [5.41, 5.74) is 3.88. The normalized spacial score (nSPS) is 10.8. The summed E-state index contributed by atoms with van der Waals surface area (Å²) >= 11 is 0. The number of nitrogens with zero attached hydrogens (tertiary/aromatic N) is 3. The van der Waals surface area contributed by atoms with E-state index in [0.29, 0.717) is 28.7 Å². The van der Waals surface area contributed by atoms with Crippen LogP contribution in [0.2, 0.25) is 0 Å². The Kier molecular flexibility index (Phi) is 5.93. The van der Waals surface area contributed by atoms with Gasteiger partial charge in [-0.3, -0.25) is 14.6 Å². The van der Waals surface area contributed by atoms with Crippen molar-refractivity contribution in [2.75, 3.05) is 5.32 Å². The Hall–Kier alpha value is -4.07. The minimum Gasteiger partial charge on any atom is -0.441 e. The number of carbonyl (C=O) groups is 1. The molecule has 0 fully saturated rings. The Morgan fingerprint density at radius 1 is 1.03 bits per heavy atom. The Balaban J connectivity index is 1.43. The molecule has 162 valence electrons. The van der Waals surface area contributed by atoms with Crippen molar-refractivity contribution in [3.63, 3.8) is 0 Å². The maximum absolute atomic E-state index is 12.6.